The van der Waals surface area contributed by atoms with Crippen molar-refractivity contribution in [1.82, 2.24) is 24.9 Å². The molecule has 0 aromatic carbocycles. The van der Waals surface area contributed by atoms with Gasteiger partial charge in [0.2, 0.25) is 0 Å². The zero-order valence-corrected chi connectivity index (χ0v) is 16.1. The van der Waals surface area contributed by atoms with E-state index in [9.17, 15) is 9.59 Å². The van der Waals surface area contributed by atoms with Gasteiger partial charge < -0.3 is 14.3 Å². The summed E-state index contributed by atoms with van der Waals surface area (Å²) in [5.41, 5.74) is 0.488. The van der Waals surface area contributed by atoms with Crippen molar-refractivity contribution >= 4 is 23.2 Å². The van der Waals surface area contributed by atoms with Crippen LogP contribution in [0.5, 0.6) is 0 Å². The zero-order chi connectivity index (χ0) is 19.5. The molecule has 0 spiro atoms. The molecule has 1 aliphatic heterocycles. The van der Waals surface area contributed by atoms with Gasteiger partial charge in [-0.05, 0) is 36.9 Å². The number of rotatable bonds is 3. The number of hydrogen-bond donors (Lipinski definition) is 0. The van der Waals surface area contributed by atoms with Gasteiger partial charge in [-0.3, -0.25) is 14.6 Å². The number of pyridine rings is 1. The summed E-state index contributed by atoms with van der Waals surface area (Å²) in [4.78, 5) is 38.5. The van der Waals surface area contributed by atoms with E-state index in [2.05, 4.69) is 15.1 Å². The Morgan fingerprint density at radius 1 is 1.21 bits per heavy atom. The normalized spacial score (nSPS) is 17.4. The molecule has 1 fully saturated rings. The predicted octanol–water partition coefficient (Wildman–Crippen LogP) is 2.56. The van der Waals surface area contributed by atoms with Crippen LogP contribution in [0.3, 0.4) is 0 Å². The van der Waals surface area contributed by atoms with Crippen molar-refractivity contribution in [1.29, 1.82) is 0 Å². The van der Waals surface area contributed by atoms with Crippen molar-refractivity contribution in [3.63, 3.8) is 0 Å². The maximum absolute atomic E-state index is 13.1. The summed E-state index contributed by atoms with van der Waals surface area (Å²) in [7, 11) is 0. The van der Waals surface area contributed by atoms with Crippen LogP contribution in [0.4, 0.5) is 0 Å². The van der Waals surface area contributed by atoms with Gasteiger partial charge >= 0.3 is 0 Å². The Labute approximate surface area is 165 Å². The average Bonchev–Trinajstić information content (AvgIpc) is 3.35. The van der Waals surface area contributed by atoms with Gasteiger partial charge in [-0.25, -0.2) is 0 Å². The van der Waals surface area contributed by atoms with Crippen LogP contribution in [0, 0.1) is 6.92 Å². The van der Waals surface area contributed by atoms with Gasteiger partial charge in [0.25, 0.3) is 17.7 Å². The molecular weight excluding hydrogens is 378 g/mol. The molecule has 28 heavy (non-hydrogen) atoms. The third-order valence-electron chi connectivity index (χ3n) is 4.61. The molecule has 3 aromatic heterocycles. The lowest BCUT2D eigenvalue weighted by atomic mass is 10.1. The monoisotopic (exact) mass is 397 g/mol. The van der Waals surface area contributed by atoms with Crippen molar-refractivity contribution in [2.24, 2.45) is 0 Å². The van der Waals surface area contributed by atoms with E-state index in [4.69, 9.17) is 4.52 Å². The topological polar surface area (TPSA) is 92.4 Å². The first-order chi connectivity index (χ1) is 13.6. The molecule has 1 unspecified atom stereocenters. The molecule has 1 atom stereocenters. The largest absolute Gasteiger partial charge is 0.337 e. The summed E-state index contributed by atoms with van der Waals surface area (Å²) in [6, 6.07) is 6.60. The number of hydrogen-bond acceptors (Lipinski definition) is 7. The summed E-state index contributed by atoms with van der Waals surface area (Å²) < 4.78 is 5.39. The molecule has 9 heteroatoms. The maximum Gasteiger partial charge on any atom is 0.264 e. The van der Waals surface area contributed by atoms with Gasteiger partial charge in [-0.15, -0.1) is 11.3 Å². The molecule has 144 valence electrons. The first kappa shape index (κ1) is 18.3. The Bertz CT molecular complexity index is 957. The van der Waals surface area contributed by atoms with E-state index in [0.717, 1.165) is 0 Å². The van der Waals surface area contributed by atoms with Crippen molar-refractivity contribution < 1.29 is 14.1 Å². The van der Waals surface area contributed by atoms with E-state index in [0.29, 0.717) is 48.2 Å². The smallest absolute Gasteiger partial charge is 0.264 e. The second-order valence-corrected chi connectivity index (χ2v) is 7.47. The Balaban J connectivity index is 1.66. The number of amides is 2. The number of nitrogens with zero attached hydrogens (tertiary/aromatic N) is 5. The Morgan fingerprint density at radius 3 is 2.79 bits per heavy atom. The number of aryl methyl sites for hydroxylation is 1. The number of thiophene rings is 1. The molecule has 2 amide bonds. The molecule has 4 rings (SSSR count). The van der Waals surface area contributed by atoms with Crippen LogP contribution in [0.15, 0.2) is 46.6 Å². The standard InChI is InChI=1S/C19H19N5O3S/c1-13-21-17(27-22-13)15-12-23(19(26)16-6-3-10-28-16)8-4-9-24(15)18(25)14-5-2-7-20-11-14/h2-3,5-7,10-11,15H,4,8-9,12H2,1H3. The summed E-state index contributed by atoms with van der Waals surface area (Å²) in [5, 5.41) is 5.75. The van der Waals surface area contributed by atoms with E-state index in [1.54, 1.807) is 35.1 Å². The summed E-state index contributed by atoms with van der Waals surface area (Å²) >= 11 is 1.41. The van der Waals surface area contributed by atoms with Gasteiger partial charge in [0.1, 0.15) is 6.04 Å². The van der Waals surface area contributed by atoms with Crippen LogP contribution >= 0.6 is 11.3 Å². The SMILES string of the molecule is Cc1noc(C2CN(C(=O)c3cccs3)CCCN2C(=O)c2cccnc2)n1. The fourth-order valence-corrected chi connectivity index (χ4v) is 3.98. The lowest BCUT2D eigenvalue weighted by Crippen LogP contribution is -2.40. The third-order valence-corrected chi connectivity index (χ3v) is 5.47. The fraction of sp³-hybridized carbons (Fsp3) is 0.316. The van der Waals surface area contributed by atoms with Crippen molar-refractivity contribution in [3.8, 4) is 0 Å². The first-order valence-corrected chi connectivity index (χ1v) is 9.85. The van der Waals surface area contributed by atoms with Crippen LogP contribution in [-0.4, -0.2) is 56.4 Å². The minimum Gasteiger partial charge on any atom is -0.337 e. The molecule has 0 aliphatic carbocycles. The number of carbonyl (C=O) groups excluding carboxylic acids is 2. The van der Waals surface area contributed by atoms with Crippen LogP contribution < -0.4 is 0 Å². The van der Waals surface area contributed by atoms with Crippen LogP contribution in [0.1, 0.15) is 44.2 Å². The molecule has 3 aromatic rings. The highest BCUT2D eigenvalue weighted by molar-refractivity contribution is 7.12. The van der Waals surface area contributed by atoms with Gasteiger partial charge in [0.15, 0.2) is 5.82 Å². The fourth-order valence-electron chi connectivity index (χ4n) is 3.28. The second kappa shape index (κ2) is 7.89. The summed E-state index contributed by atoms with van der Waals surface area (Å²) in [6.07, 6.45) is 3.82. The van der Waals surface area contributed by atoms with E-state index in [-0.39, 0.29) is 11.8 Å². The lowest BCUT2D eigenvalue weighted by molar-refractivity contribution is 0.0593. The molecule has 0 saturated carbocycles. The van der Waals surface area contributed by atoms with E-state index >= 15 is 0 Å². The molecule has 1 saturated heterocycles. The Hall–Kier alpha value is -3.07. The molecule has 4 heterocycles. The summed E-state index contributed by atoms with van der Waals surface area (Å²) in [6.45, 7) is 3.06. The number of carbonyl (C=O) groups is 2. The van der Waals surface area contributed by atoms with Crippen molar-refractivity contribution in [3.05, 3.63) is 64.2 Å². The minimum absolute atomic E-state index is 0.0492. The molecular formula is C19H19N5O3S. The second-order valence-electron chi connectivity index (χ2n) is 6.52. The van der Waals surface area contributed by atoms with E-state index in [1.807, 2.05) is 17.5 Å². The lowest BCUT2D eigenvalue weighted by Gasteiger charge is -2.29. The van der Waals surface area contributed by atoms with E-state index in [1.165, 1.54) is 17.5 Å². The molecule has 0 N–H and O–H groups in total. The van der Waals surface area contributed by atoms with Crippen molar-refractivity contribution in [2.45, 2.75) is 19.4 Å². The molecule has 8 nitrogen and oxygen atoms in total. The number of aromatic nitrogens is 3. The van der Waals surface area contributed by atoms with Gasteiger partial charge in [0, 0.05) is 25.5 Å². The quantitative estimate of drug-likeness (QED) is 0.674. The highest BCUT2D eigenvalue weighted by atomic mass is 32.1. The van der Waals surface area contributed by atoms with Crippen LogP contribution in [-0.2, 0) is 0 Å². The molecule has 1 aliphatic rings. The van der Waals surface area contributed by atoms with Gasteiger partial charge in [0.05, 0.1) is 17.0 Å². The highest BCUT2D eigenvalue weighted by Crippen LogP contribution is 2.27. The van der Waals surface area contributed by atoms with Crippen LogP contribution in [0.25, 0.3) is 0 Å². The maximum atomic E-state index is 13.1. The van der Waals surface area contributed by atoms with E-state index < -0.39 is 6.04 Å². The first-order valence-electron chi connectivity index (χ1n) is 8.97. The van der Waals surface area contributed by atoms with Gasteiger partial charge in [-0.2, -0.15) is 4.98 Å². The average molecular weight is 397 g/mol. The molecule has 0 bridgehead atoms. The van der Waals surface area contributed by atoms with Crippen molar-refractivity contribution in [2.75, 3.05) is 19.6 Å². The highest BCUT2D eigenvalue weighted by Gasteiger charge is 2.35. The van der Waals surface area contributed by atoms with Gasteiger partial charge in [-0.1, -0.05) is 11.2 Å². The van der Waals surface area contributed by atoms with Crippen LogP contribution in [0.2, 0.25) is 0 Å². The Morgan fingerprint density at radius 2 is 2.11 bits per heavy atom. The summed E-state index contributed by atoms with van der Waals surface area (Å²) in [5.74, 6) is 0.607. The zero-order valence-electron chi connectivity index (χ0n) is 15.3. The third kappa shape index (κ3) is 3.65. The predicted molar refractivity (Wildman–Crippen MR) is 102 cm³/mol. The Kier molecular flexibility index (Phi) is 5.16. The minimum atomic E-state index is -0.514. The molecule has 0 radical (unpaired) electrons.